The maximum absolute atomic E-state index is 6.11. The first kappa shape index (κ1) is 14.8. The van der Waals surface area contributed by atoms with Gasteiger partial charge in [0.1, 0.15) is 11.6 Å². The van der Waals surface area contributed by atoms with E-state index in [9.17, 15) is 0 Å². The second kappa shape index (κ2) is 6.07. The van der Waals surface area contributed by atoms with Crippen LogP contribution in [0.4, 0.5) is 0 Å². The third-order valence-corrected chi connectivity index (χ3v) is 2.78. The predicted molar refractivity (Wildman–Crippen MR) is 76.3 cm³/mol. The lowest BCUT2D eigenvalue weighted by molar-refractivity contribution is 0.415. The summed E-state index contributed by atoms with van der Waals surface area (Å²) >= 11 is 0. The first-order valence-corrected chi connectivity index (χ1v) is 5.89. The van der Waals surface area contributed by atoms with Crippen LogP contribution in [0.15, 0.2) is 18.2 Å². The number of imidazole rings is 1. The van der Waals surface area contributed by atoms with E-state index in [-0.39, 0.29) is 18.4 Å². The Balaban J connectivity index is 0.00000162. The second-order valence-corrected chi connectivity index (χ2v) is 4.74. The van der Waals surface area contributed by atoms with E-state index < -0.39 is 0 Å². The fourth-order valence-corrected chi connectivity index (χ4v) is 1.93. The molecule has 4 nitrogen and oxygen atoms in total. The van der Waals surface area contributed by atoms with Gasteiger partial charge in [-0.1, -0.05) is 13.8 Å². The highest BCUT2D eigenvalue weighted by molar-refractivity contribution is 5.85. The Bertz CT molecular complexity index is 510. The van der Waals surface area contributed by atoms with Crippen molar-refractivity contribution in [2.75, 3.05) is 7.11 Å². The topological polar surface area (TPSA) is 63.9 Å². The fourth-order valence-electron chi connectivity index (χ4n) is 1.93. The van der Waals surface area contributed by atoms with E-state index in [0.29, 0.717) is 5.92 Å². The zero-order valence-electron chi connectivity index (χ0n) is 10.9. The minimum absolute atomic E-state index is 0. The maximum Gasteiger partial charge on any atom is 0.124 e. The number of nitrogens with two attached hydrogens (primary N) is 1. The summed E-state index contributed by atoms with van der Waals surface area (Å²) in [6, 6.07) is 5.75. The second-order valence-electron chi connectivity index (χ2n) is 4.74. The van der Waals surface area contributed by atoms with Gasteiger partial charge in [0.25, 0.3) is 0 Å². The Morgan fingerprint density at radius 1 is 1.39 bits per heavy atom. The van der Waals surface area contributed by atoms with Gasteiger partial charge < -0.3 is 15.5 Å². The number of ether oxygens (including phenoxy) is 1. The maximum atomic E-state index is 6.11. The van der Waals surface area contributed by atoms with Crippen LogP contribution in [0.1, 0.15) is 32.1 Å². The molecule has 2 aromatic rings. The molecule has 0 saturated carbocycles. The number of aromatic amines is 1. The zero-order valence-corrected chi connectivity index (χ0v) is 11.8. The molecule has 0 fully saturated rings. The third-order valence-electron chi connectivity index (χ3n) is 2.78. The molecule has 0 aliphatic heterocycles. The minimum Gasteiger partial charge on any atom is -0.497 e. The molecule has 1 aromatic heterocycles. The average molecular weight is 270 g/mol. The van der Waals surface area contributed by atoms with Crippen molar-refractivity contribution in [2.45, 2.75) is 26.3 Å². The molecule has 18 heavy (non-hydrogen) atoms. The summed E-state index contributed by atoms with van der Waals surface area (Å²) in [7, 11) is 1.66. The summed E-state index contributed by atoms with van der Waals surface area (Å²) in [5.74, 6) is 2.24. The van der Waals surface area contributed by atoms with Crippen molar-refractivity contribution in [3.63, 3.8) is 0 Å². The lowest BCUT2D eigenvalue weighted by atomic mass is 10.0. The van der Waals surface area contributed by atoms with Crippen LogP contribution in [0.2, 0.25) is 0 Å². The zero-order chi connectivity index (χ0) is 12.4. The van der Waals surface area contributed by atoms with Gasteiger partial charge in [0.2, 0.25) is 0 Å². The first-order valence-electron chi connectivity index (χ1n) is 5.89. The van der Waals surface area contributed by atoms with E-state index in [1.54, 1.807) is 7.11 Å². The summed E-state index contributed by atoms with van der Waals surface area (Å²) in [5, 5.41) is 0. The van der Waals surface area contributed by atoms with Gasteiger partial charge in [-0.05, 0) is 24.5 Å². The molecule has 0 aliphatic rings. The van der Waals surface area contributed by atoms with Gasteiger partial charge in [0.15, 0.2) is 0 Å². The van der Waals surface area contributed by atoms with Crippen LogP contribution >= 0.6 is 12.4 Å². The quantitative estimate of drug-likeness (QED) is 0.897. The van der Waals surface area contributed by atoms with Gasteiger partial charge in [-0.2, -0.15) is 0 Å². The van der Waals surface area contributed by atoms with Crippen molar-refractivity contribution < 1.29 is 4.74 Å². The number of aromatic nitrogens is 2. The highest BCUT2D eigenvalue weighted by Crippen LogP contribution is 2.22. The van der Waals surface area contributed by atoms with Gasteiger partial charge in [-0.15, -0.1) is 12.4 Å². The molecule has 0 spiro atoms. The highest BCUT2D eigenvalue weighted by Gasteiger charge is 2.13. The van der Waals surface area contributed by atoms with Gasteiger partial charge in [-0.25, -0.2) is 4.98 Å². The third kappa shape index (κ3) is 3.15. The molecule has 5 heteroatoms. The molecule has 0 radical (unpaired) electrons. The van der Waals surface area contributed by atoms with E-state index in [1.807, 2.05) is 18.2 Å². The number of hydrogen-bond donors (Lipinski definition) is 2. The van der Waals surface area contributed by atoms with E-state index in [4.69, 9.17) is 10.5 Å². The first-order chi connectivity index (χ1) is 8.10. The van der Waals surface area contributed by atoms with Crippen LogP contribution in [0.25, 0.3) is 11.0 Å². The largest absolute Gasteiger partial charge is 0.497 e. The molecule has 2 rings (SSSR count). The van der Waals surface area contributed by atoms with Crippen molar-refractivity contribution in [1.82, 2.24) is 9.97 Å². The lowest BCUT2D eigenvalue weighted by Gasteiger charge is -2.10. The summed E-state index contributed by atoms with van der Waals surface area (Å²) < 4.78 is 5.18. The number of methoxy groups -OCH3 is 1. The van der Waals surface area contributed by atoms with Gasteiger partial charge in [0.05, 0.1) is 24.2 Å². The Hall–Kier alpha value is -1.26. The number of nitrogens with zero attached hydrogens (tertiary/aromatic N) is 1. The standard InChI is InChI=1S/C13H19N3O.ClH/c1-8(2)6-10(14)13-15-11-5-4-9(17-3)7-12(11)16-13;/h4-5,7-8,10H,6,14H2,1-3H3,(H,15,16);1H. The van der Waals surface area contributed by atoms with Crippen molar-refractivity contribution >= 4 is 23.4 Å². The molecule has 1 aromatic carbocycles. The number of hydrogen-bond acceptors (Lipinski definition) is 3. The van der Waals surface area contributed by atoms with Crippen molar-refractivity contribution in [1.29, 1.82) is 0 Å². The molecule has 1 heterocycles. The number of fused-ring (bicyclic) bond motifs is 1. The monoisotopic (exact) mass is 269 g/mol. The van der Waals surface area contributed by atoms with Crippen molar-refractivity contribution in [3.05, 3.63) is 24.0 Å². The van der Waals surface area contributed by atoms with Crippen LogP contribution < -0.4 is 10.5 Å². The number of rotatable bonds is 4. The Kier molecular flexibility index (Phi) is 4.99. The van der Waals surface area contributed by atoms with Crippen molar-refractivity contribution in [2.24, 2.45) is 11.7 Å². The molecule has 1 unspecified atom stereocenters. The van der Waals surface area contributed by atoms with Crippen LogP contribution in [0.3, 0.4) is 0 Å². The van der Waals surface area contributed by atoms with E-state index in [2.05, 4.69) is 23.8 Å². The van der Waals surface area contributed by atoms with E-state index in [0.717, 1.165) is 29.0 Å². The summed E-state index contributed by atoms with van der Waals surface area (Å²) in [6.07, 6.45) is 0.928. The normalized spacial score (nSPS) is 12.5. The van der Waals surface area contributed by atoms with Crippen LogP contribution in [0.5, 0.6) is 5.75 Å². The Morgan fingerprint density at radius 3 is 2.72 bits per heavy atom. The number of H-pyrrole nitrogens is 1. The SMILES string of the molecule is COc1ccc2nc(C(N)CC(C)C)[nH]c2c1.Cl. The minimum atomic E-state index is -0.0339. The fraction of sp³-hybridized carbons (Fsp3) is 0.462. The lowest BCUT2D eigenvalue weighted by Crippen LogP contribution is -2.14. The number of halogens is 1. The Morgan fingerprint density at radius 2 is 2.11 bits per heavy atom. The smallest absolute Gasteiger partial charge is 0.124 e. The number of nitrogens with one attached hydrogen (secondary N) is 1. The molecular weight excluding hydrogens is 250 g/mol. The van der Waals surface area contributed by atoms with E-state index >= 15 is 0 Å². The molecule has 3 N–H and O–H groups in total. The number of benzene rings is 1. The molecule has 1 atom stereocenters. The van der Waals surface area contributed by atoms with Gasteiger partial charge in [-0.3, -0.25) is 0 Å². The average Bonchev–Trinajstić information content (AvgIpc) is 2.70. The molecule has 100 valence electrons. The van der Waals surface area contributed by atoms with Crippen LogP contribution in [-0.2, 0) is 0 Å². The molecule has 0 aliphatic carbocycles. The summed E-state index contributed by atoms with van der Waals surface area (Å²) in [6.45, 7) is 4.32. The Labute approximate surface area is 113 Å². The van der Waals surface area contributed by atoms with Gasteiger partial charge in [0, 0.05) is 6.07 Å². The van der Waals surface area contributed by atoms with Crippen LogP contribution in [-0.4, -0.2) is 17.1 Å². The van der Waals surface area contributed by atoms with E-state index in [1.165, 1.54) is 0 Å². The predicted octanol–water partition coefficient (Wildman–Crippen LogP) is 3.04. The summed E-state index contributed by atoms with van der Waals surface area (Å²) in [4.78, 5) is 7.76. The summed E-state index contributed by atoms with van der Waals surface area (Å²) in [5.41, 5.74) is 8.01. The van der Waals surface area contributed by atoms with Crippen molar-refractivity contribution in [3.8, 4) is 5.75 Å². The molecular formula is C13H20ClN3O. The van der Waals surface area contributed by atoms with Crippen LogP contribution in [0, 0.1) is 5.92 Å². The highest BCUT2D eigenvalue weighted by atomic mass is 35.5. The molecule has 0 amide bonds. The molecule has 0 bridgehead atoms. The van der Waals surface area contributed by atoms with Gasteiger partial charge >= 0.3 is 0 Å². The molecule has 0 saturated heterocycles.